The fraction of sp³-hybridized carbons (Fsp3) is 0.583. The Morgan fingerprint density at radius 2 is 2.07 bits per heavy atom. The number of pyridine rings is 1. The zero-order valence-corrected chi connectivity index (χ0v) is 9.50. The van der Waals surface area contributed by atoms with E-state index < -0.39 is 0 Å². The Balaban J connectivity index is 3.07. The lowest BCUT2D eigenvalue weighted by molar-refractivity contribution is 0.471. The van der Waals surface area contributed by atoms with E-state index in [1.54, 1.807) is 17.7 Å². The summed E-state index contributed by atoms with van der Waals surface area (Å²) in [6, 6.07) is 3.78. The molecule has 0 unspecified atom stereocenters. The van der Waals surface area contributed by atoms with E-state index in [0.29, 0.717) is 0 Å². The lowest BCUT2D eigenvalue weighted by Gasteiger charge is -2.24. The topological polar surface area (TPSA) is 22.0 Å². The standard InChI is InChI=1S/C12H19NO/c1-5-7-12(2,3)10-6-8-13(4)11(14)9-10/h6,8-9H,5,7H2,1-4H3. The van der Waals surface area contributed by atoms with E-state index in [4.69, 9.17) is 0 Å². The van der Waals surface area contributed by atoms with Crippen molar-refractivity contribution in [3.8, 4) is 0 Å². The van der Waals surface area contributed by atoms with Crippen molar-refractivity contribution < 1.29 is 0 Å². The van der Waals surface area contributed by atoms with E-state index in [1.807, 2.05) is 12.3 Å². The maximum Gasteiger partial charge on any atom is 0.250 e. The van der Waals surface area contributed by atoms with Crippen LogP contribution < -0.4 is 5.56 Å². The zero-order chi connectivity index (χ0) is 10.8. The first-order chi connectivity index (χ1) is 6.47. The van der Waals surface area contributed by atoms with Gasteiger partial charge < -0.3 is 4.57 Å². The van der Waals surface area contributed by atoms with Crippen LogP contribution in [-0.2, 0) is 12.5 Å². The third-order valence-electron chi connectivity index (χ3n) is 2.76. The Bertz CT molecular complexity index is 363. The van der Waals surface area contributed by atoms with E-state index in [0.717, 1.165) is 18.4 Å². The van der Waals surface area contributed by atoms with Crippen molar-refractivity contribution in [2.24, 2.45) is 7.05 Å². The summed E-state index contributed by atoms with van der Waals surface area (Å²) in [4.78, 5) is 11.5. The maximum atomic E-state index is 11.5. The second-order valence-corrected chi connectivity index (χ2v) is 4.50. The van der Waals surface area contributed by atoms with Crippen molar-refractivity contribution in [2.75, 3.05) is 0 Å². The lowest BCUT2D eigenvalue weighted by atomic mass is 9.81. The number of nitrogens with zero attached hydrogens (tertiary/aromatic N) is 1. The minimum Gasteiger partial charge on any atom is -0.319 e. The summed E-state index contributed by atoms with van der Waals surface area (Å²) in [5.74, 6) is 0. The van der Waals surface area contributed by atoms with Gasteiger partial charge in [0.1, 0.15) is 0 Å². The molecule has 1 aromatic heterocycles. The van der Waals surface area contributed by atoms with Gasteiger partial charge in [-0.2, -0.15) is 0 Å². The first-order valence-corrected chi connectivity index (χ1v) is 5.14. The smallest absolute Gasteiger partial charge is 0.250 e. The Morgan fingerprint density at radius 3 is 2.57 bits per heavy atom. The molecule has 14 heavy (non-hydrogen) atoms. The van der Waals surface area contributed by atoms with E-state index >= 15 is 0 Å². The van der Waals surface area contributed by atoms with Gasteiger partial charge in [0.2, 0.25) is 0 Å². The lowest BCUT2D eigenvalue weighted by Crippen LogP contribution is -2.22. The second-order valence-electron chi connectivity index (χ2n) is 4.50. The first kappa shape index (κ1) is 11.0. The number of aryl methyl sites for hydroxylation is 1. The van der Waals surface area contributed by atoms with Gasteiger partial charge >= 0.3 is 0 Å². The van der Waals surface area contributed by atoms with Gasteiger partial charge in [-0.15, -0.1) is 0 Å². The van der Waals surface area contributed by atoms with Gasteiger partial charge in [0, 0.05) is 19.3 Å². The minimum atomic E-state index is 0.0756. The van der Waals surface area contributed by atoms with Gasteiger partial charge in [-0.05, 0) is 23.5 Å². The average molecular weight is 193 g/mol. The second kappa shape index (κ2) is 3.99. The van der Waals surface area contributed by atoms with Gasteiger partial charge in [0.15, 0.2) is 0 Å². The molecule has 0 atom stereocenters. The summed E-state index contributed by atoms with van der Waals surface area (Å²) in [6.07, 6.45) is 4.09. The van der Waals surface area contributed by atoms with Gasteiger partial charge in [0.05, 0.1) is 0 Å². The molecule has 1 aromatic rings. The molecule has 0 radical (unpaired) electrons. The van der Waals surface area contributed by atoms with E-state index in [1.165, 1.54) is 0 Å². The molecule has 0 aliphatic heterocycles. The van der Waals surface area contributed by atoms with Crippen molar-refractivity contribution in [2.45, 2.75) is 39.0 Å². The van der Waals surface area contributed by atoms with Crippen LogP contribution in [0.2, 0.25) is 0 Å². The van der Waals surface area contributed by atoms with E-state index in [2.05, 4.69) is 20.8 Å². The Morgan fingerprint density at radius 1 is 1.43 bits per heavy atom. The molecule has 2 nitrogen and oxygen atoms in total. The maximum absolute atomic E-state index is 11.5. The summed E-state index contributed by atoms with van der Waals surface area (Å²) in [5, 5.41) is 0. The molecule has 0 saturated heterocycles. The molecule has 0 saturated carbocycles. The van der Waals surface area contributed by atoms with Crippen molar-refractivity contribution >= 4 is 0 Å². The molecular weight excluding hydrogens is 174 g/mol. The van der Waals surface area contributed by atoms with Crippen molar-refractivity contribution in [3.63, 3.8) is 0 Å². The van der Waals surface area contributed by atoms with Crippen LogP contribution in [0.4, 0.5) is 0 Å². The largest absolute Gasteiger partial charge is 0.319 e. The predicted molar refractivity (Wildman–Crippen MR) is 59.6 cm³/mol. The fourth-order valence-electron chi connectivity index (χ4n) is 1.74. The highest BCUT2D eigenvalue weighted by atomic mass is 16.1. The summed E-state index contributed by atoms with van der Waals surface area (Å²) < 4.78 is 1.60. The molecule has 1 heterocycles. The molecule has 0 fully saturated rings. The van der Waals surface area contributed by atoms with Gasteiger partial charge in [-0.25, -0.2) is 0 Å². The Labute approximate surface area is 85.6 Å². The predicted octanol–water partition coefficient (Wildman–Crippen LogP) is 2.46. The highest BCUT2D eigenvalue weighted by Crippen LogP contribution is 2.26. The molecule has 0 N–H and O–H groups in total. The van der Waals surface area contributed by atoms with Crippen LogP contribution in [-0.4, -0.2) is 4.57 Å². The molecule has 0 aromatic carbocycles. The number of hydrogen-bond donors (Lipinski definition) is 0. The minimum absolute atomic E-state index is 0.0756. The van der Waals surface area contributed by atoms with Crippen LogP contribution >= 0.6 is 0 Å². The van der Waals surface area contributed by atoms with Crippen molar-refractivity contribution in [1.82, 2.24) is 4.57 Å². The summed E-state index contributed by atoms with van der Waals surface area (Å²) in [5.41, 5.74) is 1.33. The van der Waals surface area contributed by atoms with Gasteiger partial charge in [0.25, 0.3) is 5.56 Å². The molecule has 78 valence electrons. The fourth-order valence-corrected chi connectivity index (χ4v) is 1.74. The Hall–Kier alpha value is -1.05. The highest BCUT2D eigenvalue weighted by Gasteiger charge is 2.19. The normalized spacial score (nSPS) is 11.7. The highest BCUT2D eigenvalue weighted by molar-refractivity contribution is 5.20. The third-order valence-corrected chi connectivity index (χ3v) is 2.76. The monoisotopic (exact) mass is 193 g/mol. The summed E-state index contributed by atoms with van der Waals surface area (Å²) >= 11 is 0. The van der Waals surface area contributed by atoms with E-state index in [9.17, 15) is 4.79 Å². The first-order valence-electron chi connectivity index (χ1n) is 5.14. The molecule has 1 rings (SSSR count). The quantitative estimate of drug-likeness (QED) is 0.722. The van der Waals surface area contributed by atoms with Crippen LogP contribution in [0.1, 0.15) is 39.2 Å². The van der Waals surface area contributed by atoms with Crippen LogP contribution in [0, 0.1) is 0 Å². The third kappa shape index (κ3) is 2.25. The van der Waals surface area contributed by atoms with Gasteiger partial charge in [-0.1, -0.05) is 27.2 Å². The molecule has 0 aliphatic rings. The van der Waals surface area contributed by atoms with Gasteiger partial charge in [-0.3, -0.25) is 4.79 Å². The summed E-state index contributed by atoms with van der Waals surface area (Å²) in [7, 11) is 1.78. The van der Waals surface area contributed by atoms with Crippen molar-refractivity contribution in [3.05, 3.63) is 34.2 Å². The summed E-state index contributed by atoms with van der Waals surface area (Å²) in [6.45, 7) is 6.54. The van der Waals surface area contributed by atoms with Crippen LogP contribution in [0.15, 0.2) is 23.1 Å². The van der Waals surface area contributed by atoms with Crippen LogP contribution in [0.25, 0.3) is 0 Å². The van der Waals surface area contributed by atoms with E-state index in [-0.39, 0.29) is 11.0 Å². The SMILES string of the molecule is CCCC(C)(C)c1ccn(C)c(=O)c1. The van der Waals surface area contributed by atoms with Crippen LogP contribution in [0.5, 0.6) is 0 Å². The number of aromatic nitrogens is 1. The average Bonchev–Trinajstić information content (AvgIpc) is 2.09. The molecule has 0 bridgehead atoms. The van der Waals surface area contributed by atoms with Crippen molar-refractivity contribution in [1.29, 1.82) is 0 Å². The molecule has 0 aliphatic carbocycles. The molecular formula is C12H19NO. The molecule has 2 heteroatoms. The number of rotatable bonds is 3. The molecule has 0 spiro atoms. The van der Waals surface area contributed by atoms with Crippen LogP contribution in [0.3, 0.4) is 0 Å². The number of hydrogen-bond acceptors (Lipinski definition) is 1. The zero-order valence-electron chi connectivity index (χ0n) is 9.50. The molecule has 0 amide bonds. The Kier molecular flexibility index (Phi) is 3.14.